The molecule has 0 N–H and O–H groups in total. The highest BCUT2D eigenvalue weighted by Gasteiger charge is 2.25. The molecule has 1 aliphatic rings. The van der Waals surface area contributed by atoms with Crippen LogP contribution in [0.5, 0.6) is 0 Å². The molecular weight excluding hydrogens is 368 g/mol. The second kappa shape index (κ2) is 7.24. The predicted octanol–water partition coefficient (Wildman–Crippen LogP) is 4.65. The number of nitrogens with zero attached hydrogens (tertiary/aromatic N) is 2. The molecule has 0 aliphatic carbocycles. The van der Waals surface area contributed by atoms with E-state index >= 15 is 0 Å². The van der Waals surface area contributed by atoms with Crippen LogP contribution in [0.2, 0.25) is 0 Å². The first-order valence-corrected chi connectivity index (χ1v) is 10.7. The Balaban J connectivity index is 1.81. The summed E-state index contributed by atoms with van der Waals surface area (Å²) < 4.78 is 30.2. The van der Waals surface area contributed by atoms with Crippen LogP contribution in [0, 0.1) is 13.8 Å². The standard InChI is InChI=1S/C23H22N2O2S/c1-17-9-12-22(13-10-17)28(26,27)24-23-15-20-14-18(2)8-11-19(20)16-25(23)21-6-4-3-5-7-21/h3-14H,15-16H2,1-2H3. The molecule has 0 unspecified atom stereocenters. The third-order valence-corrected chi connectivity index (χ3v) is 6.28. The normalized spacial score (nSPS) is 15.5. The third-order valence-electron chi connectivity index (χ3n) is 4.96. The molecule has 0 atom stereocenters. The Morgan fingerprint density at radius 3 is 2.21 bits per heavy atom. The molecule has 1 heterocycles. The molecule has 142 valence electrons. The Hall–Kier alpha value is -2.92. The summed E-state index contributed by atoms with van der Waals surface area (Å²) in [6.07, 6.45) is 0.483. The Kier molecular flexibility index (Phi) is 4.77. The minimum absolute atomic E-state index is 0.216. The van der Waals surface area contributed by atoms with Gasteiger partial charge in [0.2, 0.25) is 0 Å². The van der Waals surface area contributed by atoms with Crippen molar-refractivity contribution in [3.05, 3.63) is 95.1 Å². The topological polar surface area (TPSA) is 49.7 Å². The van der Waals surface area contributed by atoms with Crippen LogP contribution in [0.4, 0.5) is 5.69 Å². The highest BCUT2D eigenvalue weighted by molar-refractivity contribution is 7.90. The van der Waals surface area contributed by atoms with Crippen LogP contribution in [0.15, 0.2) is 82.1 Å². The molecular formula is C23H22N2O2S. The number of anilines is 1. The lowest BCUT2D eigenvalue weighted by molar-refractivity contribution is 0.597. The molecule has 0 bridgehead atoms. The fourth-order valence-corrected chi connectivity index (χ4v) is 4.46. The lowest BCUT2D eigenvalue weighted by Crippen LogP contribution is -2.37. The smallest absolute Gasteiger partial charge is 0.283 e. The fraction of sp³-hybridized carbons (Fsp3) is 0.174. The summed E-state index contributed by atoms with van der Waals surface area (Å²) in [6.45, 7) is 4.57. The molecule has 0 fully saturated rings. The summed E-state index contributed by atoms with van der Waals surface area (Å²) >= 11 is 0. The summed E-state index contributed by atoms with van der Waals surface area (Å²) in [6, 6.07) is 22.9. The number of sulfonamides is 1. The molecule has 3 aromatic carbocycles. The maximum atomic E-state index is 13.0. The van der Waals surface area contributed by atoms with Gasteiger partial charge in [-0.05, 0) is 49.2 Å². The van der Waals surface area contributed by atoms with Crippen LogP contribution < -0.4 is 4.90 Å². The van der Waals surface area contributed by atoms with E-state index < -0.39 is 10.0 Å². The Bertz CT molecular complexity index is 1130. The first kappa shape index (κ1) is 18.4. The van der Waals surface area contributed by atoms with Crippen LogP contribution in [0.25, 0.3) is 0 Å². The number of hydrogen-bond donors (Lipinski definition) is 0. The summed E-state index contributed by atoms with van der Waals surface area (Å²) in [5, 5.41) is 0. The van der Waals surface area contributed by atoms with Crippen LogP contribution in [-0.2, 0) is 23.0 Å². The van der Waals surface area contributed by atoms with Gasteiger partial charge in [0.05, 0.1) is 4.90 Å². The summed E-state index contributed by atoms with van der Waals surface area (Å²) in [5.41, 5.74) is 5.44. The zero-order valence-electron chi connectivity index (χ0n) is 16.0. The van der Waals surface area contributed by atoms with Gasteiger partial charge in [0.15, 0.2) is 0 Å². The van der Waals surface area contributed by atoms with Gasteiger partial charge in [0.25, 0.3) is 10.0 Å². The van der Waals surface area contributed by atoms with E-state index in [4.69, 9.17) is 0 Å². The molecule has 4 rings (SSSR count). The van der Waals surface area contributed by atoms with Crippen molar-refractivity contribution >= 4 is 21.5 Å². The number of amidine groups is 1. The van der Waals surface area contributed by atoms with Gasteiger partial charge in [-0.25, -0.2) is 0 Å². The summed E-state index contributed by atoms with van der Waals surface area (Å²) in [4.78, 5) is 2.21. The van der Waals surface area contributed by atoms with E-state index in [-0.39, 0.29) is 4.90 Å². The molecule has 0 radical (unpaired) electrons. The molecule has 3 aromatic rings. The summed E-state index contributed by atoms with van der Waals surface area (Å²) in [7, 11) is -3.78. The van der Waals surface area contributed by atoms with Gasteiger partial charge >= 0.3 is 0 Å². The molecule has 0 spiro atoms. The molecule has 4 nitrogen and oxygen atoms in total. The molecule has 0 saturated heterocycles. The van der Waals surface area contributed by atoms with Crippen molar-refractivity contribution in [1.29, 1.82) is 0 Å². The Morgan fingerprint density at radius 2 is 1.50 bits per heavy atom. The lowest BCUT2D eigenvalue weighted by Gasteiger charge is -2.32. The van der Waals surface area contributed by atoms with Gasteiger partial charge in [-0.3, -0.25) is 0 Å². The SMILES string of the molecule is Cc1ccc(S(=O)(=O)N=C2Cc3cc(C)ccc3CN2c2ccccc2)cc1. The van der Waals surface area contributed by atoms with Gasteiger partial charge < -0.3 is 4.90 Å². The van der Waals surface area contributed by atoms with Crippen molar-refractivity contribution in [2.75, 3.05) is 4.90 Å². The quantitative estimate of drug-likeness (QED) is 0.654. The van der Waals surface area contributed by atoms with E-state index in [9.17, 15) is 8.42 Å². The van der Waals surface area contributed by atoms with Crippen LogP contribution >= 0.6 is 0 Å². The number of para-hydroxylation sites is 1. The molecule has 5 heteroatoms. The third kappa shape index (κ3) is 3.71. The average Bonchev–Trinajstić information content (AvgIpc) is 2.68. The van der Waals surface area contributed by atoms with Gasteiger partial charge in [-0.15, -0.1) is 4.40 Å². The number of hydrogen-bond acceptors (Lipinski definition) is 2. The van der Waals surface area contributed by atoms with Gasteiger partial charge in [0.1, 0.15) is 5.84 Å². The van der Waals surface area contributed by atoms with Gasteiger partial charge in [0, 0.05) is 18.7 Å². The zero-order chi connectivity index (χ0) is 19.7. The van der Waals surface area contributed by atoms with Gasteiger partial charge in [-0.1, -0.05) is 59.7 Å². The molecule has 0 amide bonds. The second-order valence-corrected chi connectivity index (χ2v) is 8.77. The van der Waals surface area contributed by atoms with Crippen molar-refractivity contribution in [2.24, 2.45) is 4.40 Å². The van der Waals surface area contributed by atoms with E-state index in [0.29, 0.717) is 18.8 Å². The minimum atomic E-state index is -3.78. The minimum Gasteiger partial charge on any atom is -0.324 e. The Morgan fingerprint density at radius 1 is 0.821 bits per heavy atom. The van der Waals surface area contributed by atoms with Crippen LogP contribution in [0.3, 0.4) is 0 Å². The maximum absolute atomic E-state index is 13.0. The van der Waals surface area contributed by atoms with Crippen LogP contribution in [0.1, 0.15) is 22.3 Å². The molecule has 1 aliphatic heterocycles. The van der Waals surface area contributed by atoms with Crippen molar-refractivity contribution in [2.45, 2.75) is 31.7 Å². The van der Waals surface area contributed by atoms with E-state index in [1.807, 2.05) is 49.1 Å². The first-order valence-electron chi connectivity index (χ1n) is 9.24. The zero-order valence-corrected chi connectivity index (χ0v) is 16.8. The van der Waals surface area contributed by atoms with E-state index in [2.05, 4.69) is 22.6 Å². The van der Waals surface area contributed by atoms with Crippen LogP contribution in [-0.4, -0.2) is 14.3 Å². The van der Waals surface area contributed by atoms with Crippen molar-refractivity contribution in [3.8, 4) is 0 Å². The van der Waals surface area contributed by atoms with Crippen molar-refractivity contribution in [1.82, 2.24) is 0 Å². The first-order chi connectivity index (χ1) is 13.4. The number of fused-ring (bicyclic) bond motifs is 1. The van der Waals surface area contributed by atoms with E-state index in [0.717, 1.165) is 22.4 Å². The second-order valence-electron chi connectivity index (χ2n) is 7.17. The monoisotopic (exact) mass is 390 g/mol. The van der Waals surface area contributed by atoms with Gasteiger partial charge in [-0.2, -0.15) is 8.42 Å². The molecule has 28 heavy (non-hydrogen) atoms. The highest BCUT2D eigenvalue weighted by atomic mass is 32.2. The lowest BCUT2D eigenvalue weighted by atomic mass is 9.96. The maximum Gasteiger partial charge on any atom is 0.283 e. The average molecular weight is 391 g/mol. The van der Waals surface area contributed by atoms with E-state index in [1.165, 1.54) is 5.56 Å². The fourth-order valence-electron chi connectivity index (χ4n) is 3.43. The predicted molar refractivity (Wildman–Crippen MR) is 113 cm³/mol. The number of aryl methyl sites for hydroxylation is 2. The van der Waals surface area contributed by atoms with Crippen molar-refractivity contribution < 1.29 is 8.42 Å². The molecule has 0 aromatic heterocycles. The Labute approximate surface area is 166 Å². The van der Waals surface area contributed by atoms with Crippen molar-refractivity contribution in [3.63, 3.8) is 0 Å². The summed E-state index contributed by atoms with van der Waals surface area (Å²) in [5.74, 6) is 0.546. The molecule has 0 saturated carbocycles. The number of rotatable bonds is 3. The largest absolute Gasteiger partial charge is 0.324 e. The number of benzene rings is 3. The highest BCUT2D eigenvalue weighted by Crippen LogP contribution is 2.28. The van der Waals surface area contributed by atoms with E-state index in [1.54, 1.807) is 24.3 Å².